The van der Waals surface area contributed by atoms with Crippen LogP contribution in [0.1, 0.15) is 42.1 Å². The Bertz CT molecular complexity index is 615. The maximum atomic E-state index is 12.2. The molecular formula is C18H20O2S. The topological polar surface area (TPSA) is 34.1 Å². The van der Waals surface area contributed by atoms with Crippen LogP contribution >= 0.6 is 0 Å². The molecule has 1 unspecified atom stereocenters. The van der Waals surface area contributed by atoms with Crippen molar-refractivity contribution in [1.82, 2.24) is 0 Å². The lowest BCUT2D eigenvalue weighted by Gasteiger charge is -2.07. The van der Waals surface area contributed by atoms with Gasteiger partial charge in [-0.15, -0.1) is 0 Å². The van der Waals surface area contributed by atoms with Crippen molar-refractivity contribution in [3.05, 3.63) is 65.7 Å². The zero-order valence-corrected chi connectivity index (χ0v) is 13.2. The van der Waals surface area contributed by atoms with Gasteiger partial charge in [0, 0.05) is 22.6 Å². The summed E-state index contributed by atoms with van der Waals surface area (Å²) in [6.45, 7) is 4.26. The van der Waals surface area contributed by atoms with Crippen LogP contribution in [0.4, 0.5) is 0 Å². The Labute approximate surface area is 128 Å². The molecule has 110 valence electrons. The van der Waals surface area contributed by atoms with E-state index in [1.54, 1.807) is 12.1 Å². The molecule has 21 heavy (non-hydrogen) atoms. The summed E-state index contributed by atoms with van der Waals surface area (Å²) < 4.78 is 12.2. The largest absolute Gasteiger partial charge is 0.294 e. The van der Waals surface area contributed by atoms with Crippen molar-refractivity contribution in [2.75, 3.05) is 5.75 Å². The fraction of sp³-hybridized carbons (Fsp3) is 0.278. The predicted molar refractivity (Wildman–Crippen MR) is 87.2 cm³/mol. The average molecular weight is 300 g/mol. The van der Waals surface area contributed by atoms with Gasteiger partial charge in [0.05, 0.1) is 10.8 Å². The van der Waals surface area contributed by atoms with Gasteiger partial charge in [-0.1, -0.05) is 56.3 Å². The van der Waals surface area contributed by atoms with Crippen LogP contribution in [0.25, 0.3) is 0 Å². The lowest BCUT2D eigenvalue weighted by molar-refractivity contribution is 0.0989. The highest BCUT2D eigenvalue weighted by Gasteiger charge is 2.10. The Balaban J connectivity index is 1.94. The Morgan fingerprint density at radius 3 is 2.19 bits per heavy atom. The van der Waals surface area contributed by atoms with Gasteiger partial charge in [-0.2, -0.15) is 0 Å². The Morgan fingerprint density at radius 1 is 1.00 bits per heavy atom. The van der Waals surface area contributed by atoms with E-state index in [9.17, 15) is 9.00 Å². The maximum Gasteiger partial charge on any atom is 0.163 e. The Hall–Kier alpha value is -1.74. The number of ketones is 1. The molecule has 0 fully saturated rings. The van der Waals surface area contributed by atoms with Gasteiger partial charge in [-0.25, -0.2) is 0 Å². The van der Waals surface area contributed by atoms with Crippen molar-refractivity contribution >= 4 is 16.6 Å². The third kappa shape index (κ3) is 4.36. The first-order valence-electron chi connectivity index (χ1n) is 7.14. The minimum atomic E-state index is -1.12. The van der Waals surface area contributed by atoms with E-state index in [2.05, 4.69) is 13.8 Å². The zero-order chi connectivity index (χ0) is 15.2. The molecule has 0 aliphatic heterocycles. The number of carbonyl (C=O) groups is 1. The van der Waals surface area contributed by atoms with Gasteiger partial charge in [-0.3, -0.25) is 9.00 Å². The van der Waals surface area contributed by atoms with Crippen molar-refractivity contribution in [3.63, 3.8) is 0 Å². The number of carbonyl (C=O) groups excluding carboxylic acids is 1. The highest BCUT2D eigenvalue weighted by Crippen LogP contribution is 2.17. The predicted octanol–water partition coefficient (Wildman–Crippen LogP) is 4.19. The summed E-state index contributed by atoms with van der Waals surface area (Å²) in [5, 5.41) is 0. The minimum Gasteiger partial charge on any atom is -0.294 e. The monoisotopic (exact) mass is 300 g/mol. The second-order valence-electron chi connectivity index (χ2n) is 5.31. The third-order valence-electron chi connectivity index (χ3n) is 3.42. The van der Waals surface area contributed by atoms with Crippen LogP contribution in [0.2, 0.25) is 0 Å². The third-order valence-corrected chi connectivity index (χ3v) is 4.79. The van der Waals surface area contributed by atoms with Crippen molar-refractivity contribution < 1.29 is 9.00 Å². The number of hydrogen-bond donors (Lipinski definition) is 0. The first-order chi connectivity index (χ1) is 10.1. The molecule has 3 heteroatoms. The summed E-state index contributed by atoms with van der Waals surface area (Å²) in [5.74, 6) is 0.879. The van der Waals surface area contributed by atoms with Crippen LogP contribution in [0, 0.1) is 0 Å². The van der Waals surface area contributed by atoms with E-state index >= 15 is 0 Å². The van der Waals surface area contributed by atoms with Crippen molar-refractivity contribution in [1.29, 1.82) is 0 Å². The molecule has 2 aromatic rings. The van der Waals surface area contributed by atoms with E-state index in [1.807, 2.05) is 42.5 Å². The van der Waals surface area contributed by atoms with Gasteiger partial charge >= 0.3 is 0 Å². The molecule has 0 saturated heterocycles. The van der Waals surface area contributed by atoms with Gasteiger partial charge in [0.15, 0.2) is 5.78 Å². The van der Waals surface area contributed by atoms with E-state index in [-0.39, 0.29) is 5.78 Å². The molecule has 0 radical (unpaired) electrons. The summed E-state index contributed by atoms with van der Waals surface area (Å²) in [6, 6.07) is 17.0. The fourth-order valence-electron chi connectivity index (χ4n) is 2.08. The minimum absolute atomic E-state index is 0.0442. The standard InChI is InChI=1S/C18H20O2S/c1-14(2)15-8-10-17(11-9-15)21(20)13-12-18(19)16-6-4-3-5-7-16/h3-11,14H,12-13H2,1-2H3. The summed E-state index contributed by atoms with van der Waals surface area (Å²) in [5.41, 5.74) is 1.92. The smallest absolute Gasteiger partial charge is 0.163 e. The van der Waals surface area contributed by atoms with Crippen LogP contribution in [-0.4, -0.2) is 15.7 Å². The molecule has 0 bridgehead atoms. The summed E-state index contributed by atoms with van der Waals surface area (Å²) >= 11 is 0. The molecule has 0 spiro atoms. The van der Waals surface area contributed by atoms with Crippen LogP contribution in [-0.2, 0) is 10.8 Å². The van der Waals surface area contributed by atoms with E-state index in [0.29, 0.717) is 23.7 Å². The SMILES string of the molecule is CC(C)c1ccc(S(=O)CCC(=O)c2ccccc2)cc1. The average Bonchev–Trinajstić information content (AvgIpc) is 2.53. The van der Waals surface area contributed by atoms with Gasteiger partial charge in [0.25, 0.3) is 0 Å². The fourth-order valence-corrected chi connectivity index (χ4v) is 3.12. The number of hydrogen-bond acceptors (Lipinski definition) is 2. The number of rotatable bonds is 6. The number of benzene rings is 2. The van der Waals surface area contributed by atoms with Gasteiger partial charge in [0.2, 0.25) is 0 Å². The molecular weight excluding hydrogens is 280 g/mol. The molecule has 0 amide bonds. The molecule has 0 saturated carbocycles. The number of Topliss-reactive ketones (excluding diaryl/α,β-unsaturated/α-hetero) is 1. The molecule has 2 nitrogen and oxygen atoms in total. The second-order valence-corrected chi connectivity index (χ2v) is 6.88. The second kappa shape index (κ2) is 7.32. The quantitative estimate of drug-likeness (QED) is 0.750. The summed E-state index contributed by atoms with van der Waals surface area (Å²) in [7, 11) is -1.12. The molecule has 0 aliphatic rings. The molecule has 0 aliphatic carbocycles. The molecule has 0 N–H and O–H groups in total. The lowest BCUT2D eigenvalue weighted by atomic mass is 10.0. The Kier molecular flexibility index (Phi) is 5.45. The summed E-state index contributed by atoms with van der Waals surface area (Å²) in [6.07, 6.45) is 0.308. The molecule has 0 heterocycles. The first-order valence-corrected chi connectivity index (χ1v) is 8.46. The van der Waals surface area contributed by atoms with Crippen LogP contribution in [0.15, 0.2) is 59.5 Å². The van der Waals surface area contributed by atoms with Crippen LogP contribution < -0.4 is 0 Å². The van der Waals surface area contributed by atoms with Crippen LogP contribution in [0.5, 0.6) is 0 Å². The van der Waals surface area contributed by atoms with Crippen molar-refractivity contribution in [3.8, 4) is 0 Å². The molecule has 1 atom stereocenters. The van der Waals surface area contributed by atoms with Crippen molar-refractivity contribution in [2.24, 2.45) is 0 Å². The van der Waals surface area contributed by atoms with E-state index in [4.69, 9.17) is 0 Å². The lowest BCUT2D eigenvalue weighted by Crippen LogP contribution is -2.06. The van der Waals surface area contributed by atoms with Crippen molar-refractivity contribution in [2.45, 2.75) is 31.1 Å². The maximum absolute atomic E-state index is 12.2. The van der Waals surface area contributed by atoms with Gasteiger partial charge in [0.1, 0.15) is 0 Å². The molecule has 2 rings (SSSR count). The summed E-state index contributed by atoms with van der Waals surface area (Å²) in [4.78, 5) is 12.8. The first kappa shape index (κ1) is 15.6. The van der Waals surface area contributed by atoms with E-state index < -0.39 is 10.8 Å². The highest BCUT2D eigenvalue weighted by atomic mass is 32.2. The van der Waals surface area contributed by atoms with Gasteiger partial charge < -0.3 is 0 Å². The normalized spacial score (nSPS) is 12.3. The van der Waals surface area contributed by atoms with Gasteiger partial charge in [-0.05, 0) is 23.6 Å². The highest BCUT2D eigenvalue weighted by molar-refractivity contribution is 7.85. The molecule has 0 aromatic heterocycles. The van der Waals surface area contributed by atoms with E-state index in [0.717, 1.165) is 4.90 Å². The Morgan fingerprint density at radius 2 is 1.62 bits per heavy atom. The zero-order valence-electron chi connectivity index (χ0n) is 12.4. The molecule has 2 aromatic carbocycles. The van der Waals surface area contributed by atoms with E-state index in [1.165, 1.54) is 5.56 Å². The van der Waals surface area contributed by atoms with Crippen LogP contribution in [0.3, 0.4) is 0 Å².